The van der Waals surface area contributed by atoms with Crippen molar-refractivity contribution in [2.75, 3.05) is 0 Å². The van der Waals surface area contributed by atoms with Crippen molar-refractivity contribution in [2.45, 2.75) is 110 Å². The number of aromatic nitrogens is 4. The van der Waals surface area contributed by atoms with Gasteiger partial charge in [0.1, 0.15) is 0 Å². The van der Waals surface area contributed by atoms with Crippen LogP contribution in [0.3, 0.4) is 0 Å². The normalized spacial score (nSPS) is 12.2. The Kier molecular flexibility index (Phi) is 13.6. The monoisotopic (exact) mass is 1090 g/mol. The fraction of sp³-hybridized carbons (Fsp3) is 0.316. The number of hydrogen-bond acceptors (Lipinski definition) is 4. The zero-order valence-electron chi connectivity index (χ0n) is 39.9. The molecule has 0 aliphatic heterocycles. The van der Waals surface area contributed by atoms with Crippen LogP contribution in [0.25, 0.3) is 72.2 Å². The Morgan fingerprint density at radius 1 is 0.781 bits per heavy atom. The maximum absolute atomic E-state index is 6.67. The minimum Gasteiger partial charge on any atom is -0.486 e. The van der Waals surface area contributed by atoms with E-state index in [2.05, 4.69) is 194 Å². The summed E-state index contributed by atoms with van der Waals surface area (Å²) in [5, 5.41) is 4.64. The van der Waals surface area contributed by atoms with Gasteiger partial charge in [0.2, 0.25) is 5.71 Å². The number of fused-ring (bicyclic) bond motifs is 5. The van der Waals surface area contributed by atoms with Crippen molar-refractivity contribution in [1.29, 1.82) is 0 Å². The number of nitrogens with zero attached hydrogens (tertiary/aromatic N) is 4. The first kappa shape index (κ1) is 47.1. The number of aryl methyl sites for hydroxylation is 1. The molecule has 64 heavy (non-hydrogen) atoms. The predicted octanol–water partition coefficient (Wildman–Crippen LogP) is 15.1. The van der Waals surface area contributed by atoms with Crippen molar-refractivity contribution >= 4 is 61.5 Å². The molecule has 0 aliphatic rings. The predicted molar refractivity (Wildman–Crippen MR) is 270 cm³/mol. The number of rotatable bonds is 8. The Labute approximate surface area is 396 Å². The molecule has 0 fully saturated rings. The second-order valence-corrected chi connectivity index (χ2v) is 30.9. The van der Waals surface area contributed by atoms with Crippen molar-refractivity contribution < 1.29 is 24.5 Å². The summed E-state index contributed by atoms with van der Waals surface area (Å²) < 4.78 is 10.6. The molecule has 0 bridgehead atoms. The Morgan fingerprint density at radius 3 is 2.17 bits per heavy atom. The molecular weight excluding hydrogens is 1020 g/mol. The quantitative estimate of drug-likeness (QED) is 0.112. The molecule has 0 spiro atoms. The van der Waals surface area contributed by atoms with Crippen molar-refractivity contribution in [3.63, 3.8) is 0 Å². The van der Waals surface area contributed by atoms with Gasteiger partial charge in [-0.3, -0.25) is 4.98 Å². The molecule has 9 rings (SSSR count). The summed E-state index contributed by atoms with van der Waals surface area (Å²) in [5.74, 6) is 9.42. The number of hydrogen-bond donors (Lipinski definition) is 0. The van der Waals surface area contributed by atoms with E-state index < -0.39 is 13.3 Å². The van der Waals surface area contributed by atoms with Crippen molar-refractivity contribution in [3.05, 3.63) is 149 Å². The van der Waals surface area contributed by atoms with Gasteiger partial charge in [0, 0.05) is 42.3 Å². The SMILES string of the molecule is CC(C)Cc1cc(-c2[c-]cccc2)nc[c]1[Ge]([CH3])([CH3])[CH3].Cc1c[c-]c(-c2nc3ccccc3n2-c2c(C(C)C)cc3ccccc3c2C(C)C)c2oc3nc(C(C)(C)C)ccc3c12.[Ir]. The molecule has 7 heteroatoms. The van der Waals surface area contributed by atoms with E-state index in [4.69, 9.17) is 19.4 Å². The summed E-state index contributed by atoms with van der Waals surface area (Å²) in [6.45, 7) is 22.4. The molecule has 5 aromatic carbocycles. The Hall–Kier alpha value is -4.88. The third kappa shape index (κ3) is 9.16. The summed E-state index contributed by atoms with van der Waals surface area (Å²) in [4.78, 5) is 15.0. The molecule has 0 unspecified atom stereocenters. The molecule has 1 radical (unpaired) electrons. The van der Waals surface area contributed by atoms with Gasteiger partial charge in [-0.15, -0.1) is 17.7 Å². The molecule has 0 N–H and O–H groups in total. The standard InChI is InChI=1S/C39H38N3O.C18H24GeN.Ir/c1-22(2)29-21-25-13-9-10-14-26(25)33(23(3)4)35(29)42-31-16-12-11-15-30(31)40-37(42)28-18-17-24(5)34-27-19-20-32(39(6,7)8)41-38(27)43-36(28)34;1-14(2)11-16-12-18(15-9-7-6-8-10-15)20-13-17(16)19(3,4)5;/h9-17,19-23H,1-8H3;6-9,12-14H,11H2,1-5H3;/q2*-1;. The molecule has 4 heterocycles. The molecule has 0 amide bonds. The summed E-state index contributed by atoms with van der Waals surface area (Å²) in [6.07, 6.45) is 3.27. The first-order valence-corrected chi connectivity index (χ1v) is 30.0. The summed E-state index contributed by atoms with van der Waals surface area (Å²) in [5.41, 5.74) is 13.8. The van der Waals surface area contributed by atoms with Gasteiger partial charge in [0.05, 0.1) is 22.4 Å². The topological polar surface area (TPSA) is 56.7 Å². The van der Waals surface area contributed by atoms with Gasteiger partial charge in [-0.25, -0.2) is 4.98 Å². The average Bonchev–Trinajstić information content (AvgIpc) is 3.82. The molecule has 0 atom stereocenters. The van der Waals surface area contributed by atoms with E-state index in [9.17, 15) is 0 Å². The van der Waals surface area contributed by atoms with Gasteiger partial charge in [-0.1, -0.05) is 103 Å². The largest absolute Gasteiger partial charge is 0.486 e. The molecule has 331 valence electrons. The van der Waals surface area contributed by atoms with E-state index in [1.165, 1.54) is 33.2 Å². The van der Waals surface area contributed by atoms with Crippen LogP contribution < -0.4 is 4.40 Å². The summed E-state index contributed by atoms with van der Waals surface area (Å²) in [7, 11) is 0. The number of pyridine rings is 2. The van der Waals surface area contributed by atoms with E-state index in [0.717, 1.165) is 67.7 Å². The maximum atomic E-state index is 6.67. The van der Waals surface area contributed by atoms with Crippen LogP contribution in [0.15, 0.2) is 114 Å². The van der Waals surface area contributed by atoms with Crippen molar-refractivity contribution in [1.82, 2.24) is 19.5 Å². The van der Waals surface area contributed by atoms with Crippen LogP contribution in [0, 0.1) is 25.0 Å². The smallest absolute Gasteiger partial charge is 0.216 e. The average molecular weight is 1080 g/mol. The van der Waals surface area contributed by atoms with Crippen LogP contribution >= 0.6 is 0 Å². The van der Waals surface area contributed by atoms with E-state index >= 15 is 0 Å². The summed E-state index contributed by atoms with van der Waals surface area (Å²) >= 11 is -1.86. The maximum Gasteiger partial charge on any atom is 0.216 e. The van der Waals surface area contributed by atoms with Crippen LogP contribution in [0.4, 0.5) is 0 Å². The van der Waals surface area contributed by atoms with Crippen LogP contribution in [-0.4, -0.2) is 32.8 Å². The third-order valence-electron chi connectivity index (χ3n) is 12.1. The van der Waals surface area contributed by atoms with E-state index in [1.807, 2.05) is 18.2 Å². The van der Waals surface area contributed by atoms with E-state index in [0.29, 0.717) is 23.5 Å². The van der Waals surface area contributed by atoms with Gasteiger partial charge >= 0.3 is 126 Å². The second-order valence-electron chi connectivity index (χ2n) is 20.3. The number of para-hydroxylation sites is 2. The Morgan fingerprint density at radius 2 is 1.50 bits per heavy atom. The summed E-state index contributed by atoms with van der Waals surface area (Å²) in [6, 6.07) is 43.2. The molecule has 0 aliphatic carbocycles. The fourth-order valence-corrected chi connectivity index (χ4v) is 12.3. The Balaban J connectivity index is 0.000000246. The third-order valence-corrected chi connectivity index (χ3v) is 16.4. The van der Waals surface area contributed by atoms with Crippen LogP contribution in [0.2, 0.25) is 17.3 Å². The number of furan rings is 1. The van der Waals surface area contributed by atoms with Gasteiger partial charge in [0.25, 0.3) is 0 Å². The minimum absolute atomic E-state index is 0. The molecule has 0 saturated carbocycles. The van der Waals surface area contributed by atoms with Crippen LogP contribution in [0.5, 0.6) is 0 Å². The minimum atomic E-state index is -1.86. The van der Waals surface area contributed by atoms with E-state index in [-0.39, 0.29) is 25.5 Å². The molecule has 0 saturated heterocycles. The first-order chi connectivity index (χ1) is 29.9. The molecular formula is C57H62GeIrN4O-2. The number of benzene rings is 5. The van der Waals surface area contributed by atoms with Gasteiger partial charge < -0.3 is 8.98 Å². The van der Waals surface area contributed by atoms with Gasteiger partial charge in [-0.2, -0.15) is 0 Å². The van der Waals surface area contributed by atoms with Gasteiger partial charge in [-0.05, 0) is 64.1 Å². The molecule has 4 aromatic heterocycles. The Bertz CT molecular complexity index is 3110. The second kappa shape index (κ2) is 18.5. The van der Waals surface area contributed by atoms with E-state index in [1.54, 1.807) is 4.40 Å². The fourth-order valence-electron chi connectivity index (χ4n) is 9.01. The van der Waals surface area contributed by atoms with Crippen LogP contribution in [-0.2, 0) is 31.9 Å². The van der Waals surface area contributed by atoms with Gasteiger partial charge in [0.15, 0.2) is 0 Å². The van der Waals surface area contributed by atoms with Crippen molar-refractivity contribution in [2.24, 2.45) is 5.92 Å². The molecule has 5 nitrogen and oxygen atoms in total. The zero-order chi connectivity index (χ0) is 45.0. The number of imidazole rings is 1. The molecule has 9 aromatic rings. The van der Waals surface area contributed by atoms with Crippen molar-refractivity contribution in [3.8, 4) is 28.3 Å². The first-order valence-electron chi connectivity index (χ1n) is 22.7. The van der Waals surface area contributed by atoms with Crippen LogP contribution in [0.1, 0.15) is 102 Å². The zero-order valence-corrected chi connectivity index (χ0v) is 44.4.